The third-order valence-corrected chi connectivity index (χ3v) is 4.75. The predicted molar refractivity (Wildman–Crippen MR) is 97.2 cm³/mol. The lowest BCUT2D eigenvalue weighted by Gasteiger charge is -2.30. The van der Waals surface area contributed by atoms with Gasteiger partial charge >= 0.3 is 0 Å². The van der Waals surface area contributed by atoms with Crippen LogP contribution in [0.5, 0.6) is 0 Å². The number of amides is 2. The van der Waals surface area contributed by atoms with Gasteiger partial charge in [-0.25, -0.2) is 4.68 Å². The van der Waals surface area contributed by atoms with Gasteiger partial charge in [0.25, 0.3) is 5.56 Å². The van der Waals surface area contributed by atoms with Gasteiger partial charge in [0.15, 0.2) is 0 Å². The van der Waals surface area contributed by atoms with Crippen molar-refractivity contribution in [3.8, 4) is 11.3 Å². The number of carbonyl (C=O) groups excluding carboxylic acids is 2. The Hall–Kier alpha value is -2.96. The number of nitrogens with two attached hydrogens (primary N) is 1. The quantitative estimate of drug-likeness (QED) is 0.883. The molecular formula is C19H22N4O3. The second kappa shape index (κ2) is 7.51. The maximum absolute atomic E-state index is 12.5. The van der Waals surface area contributed by atoms with E-state index in [-0.39, 0.29) is 29.8 Å². The van der Waals surface area contributed by atoms with Crippen molar-refractivity contribution in [2.45, 2.75) is 26.3 Å². The fraction of sp³-hybridized carbons (Fsp3) is 0.368. The Bertz CT molecular complexity index is 865. The van der Waals surface area contributed by atoms with Crippen LogP contribution in [-0.4, -0.2) is 39.6 Å². The second-order valence-electron chi connectivity index (χ2n) is 6.64. The number of piperidine rings is 1. The number of aryl methyl sites for hydroxylation is 1. The number of carbonyl (C=O) groups is 2. The van der Waals surface area contributed by atoms with E-state index < -0.39 is 0 Å². The molecule has 1 saturated heterocycles. The summed E-state index contributed by atoms with van der Waals surface area (Å²) in [7, 11) is 0. The SMILES string of the molecule is Cc1ccc(-c2ccc(=O)n(CC(=O)N3CCC(C(N)=O)CC3)n2)cc1. The fourth-order valence-corrected chi connectivity index (χ4v) is 3.08. The molecule has 1 aromatic carbocycles. The molecule has 1 fully saturated rings. The Balaban J connectivity index is 1.72. The Labute approximate surface area is 151 Å². The van der Waals surface area contributed by atoms with E-state index in [1.54, 1.807) is 11.0 Å². The predicted octanol–water partition coefficient (Wildman–Crippen LogP) is 0.943. The summed E-state index contributed by atoms with van der Waals surface area (Å²) in [6.45, 7) is 2.83. The zero-order valence-corrected chi connectivity index (χ0v) is 14.7. The van der Waals surface area contributed by atoms with Crippen LogP contribution < -0.4 is 11.3 Å². The molecule has 3 rings (SSSR count). The van der Waals surface area contributed by atoms with Gasteiger partial charge in [-0.3, -0.25) is 14.4 Å². The average molecular weight is 354 g/mol. The van der Waals surface area contributed by atoms with Crippen LogP contribution in [0.2, 0.25) is 0 Å². The summed E-state index contributed by atoms with van der Waals surface area (Å²) in [5.41, 5.74) is 7.66. The molecule has 7 heteroatoms. The number of nitrogens with zero attached hydrogens (tertiary/aromatic N) is 3. The van der Waals surface area contributed by atoms with E-state index in [1.807, 2.05) is 31.2 Å². The molecule has 0 aliphatic carbocycles. The van der Waals surface area contributed by atoms with Crippen LogP contribution in [0, 0.1) is 12.8 Å². The van der Waals surface area contributed by atoms with E-state index in [4.69, 9.17) is 5.73 Å². The smallest absolute Gasteiger partial charge is 0.267 e. The van der Waals surface area contributed by atoms with E-state index in [0.29, 0.717) is 31.6 Å². The lowest BCUT2D eigenvalue weighted by molar-refractivity contribution is -0.135. The standard InChI is InChI=1S/C19H22N4O3/c1-13-2-4-14(5-3-13)16-6-7-17(24)23(21-16)12-18(25)22-10-8-15(9-11-22)19(20)26/h2-7,15H,8-12H2,1H3,(H2,20,26). The zero-order chi connectivity index (χ0) is 18.7. The molecule has 1 aromatic heterocycles. The Morgan fingerprint density at radius 3 is 2.38 bits per heavy atom. The van der Waals surface area contributed by atoms with Gasteiger partial charge in [-0.15, -0.1) is 0 Å². The summed E-state index contributed by atoms with van der Waals surface area (Å²) in [6.07, 6.45) is 1.12. The average Bonchev–Trinajstić information content (AvgIpc) is 2.64. The van der Waals surface area contributed by atoms with Crippen LogP contribution in [0.25, 0.3) is 11.3 Å². The van der Waals surface area contributed by atoms with Crippen LogP contribution >= 0.6 is 0 Å². The molecule has 136 valence electrons. The Kier molecular flexibility index (Phi) is 5.16. The zero-order valence-electron chi connectivity index (χ0n) is 14.7. The number of benzene rings is 1. The van der Waals surface area contributed by atoms with Crippen molar-refractivity contribution in [2.75, 3.05) is 13.1 Å². The first-order valence-electron chi connectivity index (χ1n) is 8.66. The van der Waals surface area contributed by atoms with Gasteiger partial charge in [0.2, 0.25) is 11.8 Å². The third-order valence-electron chi connectivity index (χ3n) is 4.75. The van der Waals surface area contributed by atoms with Crippen LogP contribution in [0.3, 0.4) is 0 Å². The summed E-state index contributed by atoms with van der Waals surface area (Å²) in [5, 5.41) is 4.33. The summed E-state index contributed by atoms with van der Waals surface area (Å²) in [4.78, 5) is 37.5. The van der Waals surface area contributed by atoms with E-state index in [9.17, 15) is 14.4 Å². The minimum absolute atomic E-state index is 0.111. The van der Waals surface area contributed by atoms with E-state index in [1.165, 1.54) is 10.7 Å². The highest BCUT2D eigenvalue weighted by molar-refractivity contribution is 5.78. The number of aromatic nitrogens is 2. The van der Waals surface area contributed by atoms with E-state index in [0.717, 1.165) is 11.1 Å². The minimum atomic E-state index is -0.319. The monoisotopic (exact) mass is 354 g/mol. The molecule has 2 heterocycles. The third kappa shape index (κ3) is 3.99. The summed E-state index contributed by atoms with van der Waals surface area (Å²) in [6, 6.07) is 10.9. The number of rotatable bonds is 4. The molecule has 0 unspecified atom stereocenters. The molecule has 2 amide bonds. The first kappa shape index (κ1) is 17.8. The molecule has 2 N–H and O–H groups in total. The highest BCUT2D eigenvalue weighted by atomic mass is 16.2. The maximum atomic E-state index is 12.5. The van der Waals surface area contributed by atoms with Crippen molar-refractivity contribution in [1.82, 2.24) is 14.7 Å². The molecule has 0 radical (unpaired) electrons. The van der Waals surface area contributed by atoms with Gasteiger partial charge in [-0.1, -0.05) is 29.8 Å². The van der Waals surface area contributed by atoms with Crippen LogP contribution in [0.4, 0.5) is 0 Å². The molecule has 0 saturated carbocycles. The van der Waals surface area contributed by atoms with E-state index >= 15 is 0 Å². The van der Waals surface area contributed by atoms with Gasteiger partial charge in [0.05, 0.1) is 5.69 Å². The van der Waals surface area contributed by atoms with Crippen LogP contribution in [0.15, 0.2) is 41.2 Å². The van der Waals surface area contributed by atoms with Gasteiger partial charge in [0, 0.05) is 30.6 Å². The van der Waals surface area contributed by atoms with E-state index in [2.05, 4.69) is 5.10 Å². The van der Waals surface area contributed by atoms with Crippen molar-refractivity contribution in [2.24, 2.45) is 11.7 Å². The molecule has 7 nitrogen and oxygen atoms in total. The number of hydrogen-bond acceptors (Lipinski definition) is 4. The van der Waals surface area contributed by atoms with Gasteiger partial charge in [-0.05, 0) is 25.8 Å². The van der Waals surface area contributed by atoms with Gasteiger partial charge in [-0.2, -0.15) is 5.10 Å². The topological polar surface area (TPSA) is 98.3 Å². The van der Waals surface area contributed by atoms with Crippen molar-refractivity contribution in [3.05, 3.63) is 52.3 Å². The van der Waals surface area contributed by atoms with Gasteiger partial charge < -0.3 is 10.6 Å². The lowest BCUT2D eigenvalue weighted by Crippen LogP contribution is -2.44. The van der Waals surface area contributed by atoms with Crippen molar-refractivity contribution < 1.29 is 9.59 Å². The maximum Gasteiger partial charge on any atom is 0.267 e. The summed E-state index contributed by atoms with van der Waals surface area (Å²) < 4.78 is 1.19. The number of hydrogen-bond donors (Lipinski definition) is 1. The molecule has 0 atom stereocenters. The summed E-state index contributed by atoms with van der Waals surface area (Å²) >= 11 is 0. The van der Waals surface area contributed by atoms with Crippen LogP contribution in [-0.2, 0) is 16.1 Å². The molecule has 2 aromatic rings. The highest BCUT2D eigenvalue weighted by Gasteiger charge is 2.26. The van der Waals surface area contributed by atoms with Crippen molar-refractivity contribution in [1.29, 1.82) is 0 Å². The Morgan fingerprint density at radius 2 is 1.77 bits per heavy atom. The van der Waals surface area contributed by atoms with Gasteiger partial charge in [0.1, 0.15) is 6.54 Å². The number of likely N-dealkylation sites (tertiary alicyclic amines) is 1. The second-order valence-corrected chi connectivity index (χ2v) is 6.64. The molecule has 0 spiro atoms. The largest absolute Gasteiger partial charge is 0.369 e. The molecule has 1 aliphatic rings. The lowest BCUT2D eigenvalue weighted by atomic mass is 9.96. The first-order valence-corrected chi connectivity index (χ1v) is 8.66. The molecule has 26 heavy (non-hydrogen) atoms. The first-order chi connectivity index (χ1) is 12.4. The molecule has 1 aliphatic heterocycles. The summed E-state index contributed by atoms with van der Waals surface area (Å²) in [5.74, 6) is -0.672. The number of primary amides is 1. The Morgan fingerprint density at radius 1 is 1.12 bits per heavy atom. The van der Waals surface area contributed by atoms with Crippen molar-refractivity contribution in [3.63, 3.8) is 0 Å². The van der Waals surface area contributed by atoms with Crippen LogP contribution in [0.1, 0.15) is 18.4 Å². The normalized spacial score (nSPS) is 15.0. The molecular weight excluding hydrogens is 332 g/mol. The molecule has 0 bridgehead atoms. The van der Waals surface area contributed by atoms with Crippen molar-refractivity contribution >= 4 is 11.8 Å². The highest BCUT2D eigenvalue weighted by Crippen LogP contribution is 2.18. The minimum Gasteiger partial charge on any atom is -0.369 e. The fourth-order valence-electron chi connectivity index (χ4n) is 3.08.